The third kappa shape index (κ3) is 3.49. The van der Waals surface area contributed by atoms with Crippen LogP contribution in [0.5, 0.6) is 0 Å². The van der Waals surface area contributed by atoms with Gasteiger partial charge in [-0.15, -0.1) is 0 Å². The van der Waals surface area contributed by atoms with Gasteiger partial charge < -0.3 is 10.6 Å². The van der Waals surface area contributed by atoms with Gasteiger partial charge >= 0.3 is 0 Å². The molecule has 0 unspecified atom stereocenters. The van der Waals surface area contributed by atoms with Crippen LogP contribution in [0.2, 0.25) is 0 Å². The van der Waals surface area contributed by atoms with Crippen molar-refractivity contribution in [2.24, 2.45) is 0 Å². The van der Waals surface area contributed by atoms with Crippen molar-refractivity contribution in [3.63, 3.8) is 0 Å². The van der Waals surface area contributed by atoms with E-state index in [2.05, 4.69) is 10.6 Å². The largest absolute Gasteiger partial charge is 0.349 e. The van der Waals surface area contributed by atoms with Gasteiger partial charge in [0.05, 0.1) is 5.56 Å². The van der Waals surface area contributed by atoms with Crippen molar-refractivity contribution in [1.29, 1.82) is 0 Å². The fourth-order valence-corrected chi connectivity index (χ4v) is 3.68. The second-order valence-electron chi connectivity index (χ2n) is 6.54. The van der Waals surface area contributed by atoms with Gasteiger partial charge in [0.15, 0.2) is 0 Å². The molecule has 1 saturated carbocycles. The minimum absolute atomic E-state index is 0.210. The van der Waals surface area contributed by atoms with Crippen LogP contribution in [0, 0.1) is 5.82 Å². The highest BCUT2D eigenvalue weighted by Gasteiger charge is 2.24. The molecule has 22 heavy (non-hydrogen) atoms. The second-order valence-corrected chi connectivity index (χ2v) is 6.54. The summed E-state index contributed by atoms with van der Waals surface area (Å²) in [5.74, 6) is -0.341. The Balaban J connectivity index is 1.73. The molecule has 0 radical (unpaired) electrons. The number of carbonyl (C=O) groups is 1. The van der Waals surface area contributed by atoms with Crippen LogP contribution in [0.25, 0.3) is 0 Å². The maximum absolute atomic E-state index is 14.8. The first-order chi connectivity index (χ1) is 10.8. The Morgan fingerprint density at radius 3 is 2.55 bits per heavy atom. The van der Waals surface area contributed by atoms with Crippen LogP contribution < -0.4 is 10.6 Å². The monoisotopic (exact) mass is 304 g/mol. The molecule has 3 nitrogen and oxygen atoms in total. The molecule has 1 aliphatic heterocycles. The first-order valence-electron chi connectivity index (χ1n) is 8.55. The lowest BCUT2D eigenvalue weighted by Gasteiger charge is -2.25. The molecule has 1 amide bonds. The van der Waals surface area contributed by atoms with Crippen LogP contribution in [0.3, 0.4) is 0 Å². The van der Waals surface area contributed by atoms with Crippen molar-refractivity contribution in [1.82, 2.24) is 10.6 Å². The predicted octanol–water partition coefficient (Wildman–Crippen LogP) is 3.36. The Hall–Kier alpha value is -1.42. The van der Waals surface area contributed by atoms with E-state index in [9.17, 15) is 9.18 Å². The van der Waals surface area contributed by atoms with E-state index in [4.69, 9.17) is 0 Å². The van der Waals surface area contributed by atoms with E-state index in [0.29, 0.717) is 5.56 Å². The summed E-state index contributed by atoms with van der Waals surface area (Å²) in [5, 5.41) is 6.31. The van der Waals surface area contributed by atoms with Crippen LogP contribution in [-0.2, 0) is 0 Å². The van der Waals surface area contributed by atoms with Gasteiger partial charge in [-0.25, -0.2) is 4.39 Å². The van der Waals surface area contributed by atoms with E-state index in [1.54, 1.807) is 6.07 Å². The second kappa shape index (κ2) is 7.23. The zero-order valence-corrected chi connectivity index (χ0v) is 13.0. The average Bonchev–Trinajstić information content (AvgIpc) is 2.56. The Kier molecular flexibility index (Phi) is 5.08. The molecule has 2 N–H and O–H groups in total. The summed E-state index contributed by atoms with van der Waals surface area (Å²) in [6, 6.07) is 5.47. The lowest BCUT2D eigenvalue weighted by molar-refractivity contribution is 0.0923. The first kappa shape index (κ1) is 15.5. The molecule has 0 spiro atoms. The summed E-state index contributed by atoms with van der Waals surface area (Å²) >= 11 is 0. The van der Waals surface area contributed by atoms with E-state index >= 15 is 0 Å². The van der Waals surface area contributed by atoms with Crippen molar-refractivity contribution >= 4 is 5.91 Å². The van der Waals surface area contributed by atoms with E-state index in [1.165, 1.54) is 6.42 Å². The van der Waals surface area contributed by atoms with Gasteiger partial charge in [-0.3, -0.25) is 4.79 Å². The summed E-state index contributed by atoms with van der Waals surface area (Å²) in [4.78, 5) is 12.4. The Bertz CT molecular complexity index is 520. The molecule has 0 bridgehead atoms. The Morgan fingerprint density at radius 2 is 1.82 bits per heavy atom. The van der Waals surface area contributed by atoms with Gasteiger partial charge in [-0.05, 0) is 56.3 Å². The number of hydrogen-bond acceptors (Lipinski definition) is 2. The molecular weight excluding hydrogens is 279 g/mol. The van der Waals surface area contributed by atoms with Crippen molar-refractivity contribution in [2.45, 2.75) is 56.9 Å². The molecule has 1 saturated heterocycles. The minimum atomic E-state index is -0.317. The fourth-order valence-electron chi connectivity index (χ4n) is 3.68. The lowest BCUT2D eigenvalue weighted by Crippen LogP contribution is -2.36. The summed E-state index contributed by atoms with van der Waals surface area (Å²) in [7, 11) is 0. The first-order valence-corrected chi connectivity index (χ1v) is 8.55. The molecule has 4 heteroatoms. The molecule has 1 aliphatic carbocycles. The highest BCUT2D eigenvalue weighted by atomic mass is 19.1. The van der Waals surface area contributed by atoms with Crippen LogP contribution in [0.15, 0.2) is 18.2 Å². The molecule has 2 fully saturated rings. The normalized spacial score (nSPS) is 20.8. The Morgan fingerprint density at radius 1 is 1.09 bits per heavy atom. The van der Waals surface area contributed by atoms with Gasteiger partial charge in [-0.2, -0.15) is 0 Å². The van der Waals surface area contributed by atoms with E-state index < -0.39 is 0 Å². The van der Waals surface area contributed by atoms with Crippen LogP contribution in [0.1, 0.15) is 66.8 Å². The zero-order valence-electron chi connectivity index (χ0n) is 13.0. The molecule has 1 aromatic carbocycles. The van der Waals surface area contributed by atoms with E-state index in [-0.39, 0.29) is 29.2 Å². The van der Waals surface area contributed by atoms with E-state index in [0.717, 1.165) is 51.6 Å². The number of amides is 1. The molecule has 120 valence electrons. The van der Waals surface area contributed by atoms with Crippen molar-refractivity contribution in [3.8, 4) is 0 Å². The number of carbonyl (C=O) groups excluding carboxylic acids is 1. The number of rotatable bonds is 3. The number of nitrogens with one attached hydrogen (secondary N) is 2. The smallest absolute Gasteiger partial charge is 0.254 e. The SMILES string of the molecule is O=C(NC1CCCCC1)c1cccc(C2CCNCC2)c1F. The van der Waals surface area contributed by atoms with Gasteiger partial charge in [0.2, 0.25) is 0 Å². The summed E-state index contributed by atoms with van der Waals surface area (Å²) < 4.78 is 14.8. The highest BCUT2D eigenvalue weighted by Crippen LogP contribution is 2.29. The minimum Gasteiger partial charge on any atom is -0.349 e. The van der Waals surface area contributed by atoms with Gasteiger partial charge in [0.25, 0.3) is 5.91 Å². The van der Waals surface area contributed by atoms with Crippen LogP contribution in [0.4, 0.5) is 4.39 Å². The standard InChI is InChI=1S/C18H25FN2O/c19-17-15(13-9-11-20-12-10-13)7-4-8-16(17)18(22)21-14-5-2-1-3-6-14/h4,7-8,13-14,20H,1-3,5-6,9-12H2,(H,21,22). The summed E-state index contributed by atoms with van der Waals surface area (Å²) in [5.41, 5.74) is 0.916. The number of halogens is 1. The molecule has 2 aliphatic rings. The third-order valence-corrected chi connectivity index (χ3v) is 4.99. The van der Waals surface area contributed by atoms with Gasteiger partial charge in [0.1, 0.15) is 5.82 Å². The van der Waals surface area contributed by atoms with E-state index in [1.807, 2.05) is 12.1 Å². The molecule has 0 aromatic heterocycles. The number of hydrogen-bond donors (Lipinski definition) is 2. The average molecular weight is 304 g/mol. The van der Waals surface area contributed by atoms with Gasteiger partial charge in [-0.1, -0.05) is 31.4 Å². The summed E-state index contributed by atoms with van der Waals surface area (Å²) in [6.07, 6.45) is 7.45. The molecule has 1 heterocycles. The molecule has 0 atom stereocenters. The number of benzene rings is 1. The van der Waals surface area contributed by atoms with Crippen LogP contribution >= 0.6 is 0 Å². The Labute approximate surface area is 131 Å². The zero-order chi connectivity index (χ0) is 15.4. The third-order valence-electron chi connectivity index (χ3n) is 4.99. The van der Waals surface area contributed by atoms with Gasteiger partial charge in [0, 0.05) is 6.04 Å². The van der Waals surface area contributed by atoms with Crippen LogP contribution in [-0.4, -0.2) is 25.0 Å². The quantitative estimate of drug-likeness (QED) is 0.899. The fraction of sp³-hybridized carbons (Fsp3) is 0.611. The topological polar surface area (TPSA) is 41.1 Å². The van der Waals surface area contributed by atoms with Crippen molar-refractivity contribution < 1.29 is 9.18 Å². The van der Waals surface area contributed by atoms with Crippen molar-refractivity contribution in [3.05, 3.63) is 35.1 Å². The lowest BCUT2D eigenvalue weighted by atomic mass is 9.88. The van der Waals surface area contributed by atoms with Crippen molar-refractivity contribution in [2.75, 3.05) is 13.1 Å². The summed E-state index contributed by atoms with van der Waals surface area (Å²) in [6.45, 7) is 1.84. The highest BCUT2D eigenvalue weighted by molar-refractivity contribution is 5.94. The predicted molar refractivity (Wildman–Crippen MR) is 85.6 cm³/mol. The molecule has 1 aromatic rings. The maximum Gasteiger partial charge on any atom is 0.254 e. The number of piperidine rings is 1. The molecule has 3 rings (SSSR count). The molecular formula is C18H25FN2O. The maximum atomic E-state index is 14.8.